The number of nitriles is 1. The fourth-order valence-electron chi connectivity index (χ4n) is 1.60. The van der Waals surface area contributed by atoms with Crippen molar-refractivity contribution in [2.45, 2.75) is 38.8 Å². The van der Waals surface area contributed by atoms with Crippen molar-refractivity contribution in [3.8, 4) is 17.6 Å². The van der Waals surface area contributed by atoms with Gasteiger partial charge < -0.3 is 15.2 Å². The maximum atomic E-state index is 8.73. The number of hydrogen-bond donors (Lipinski definition) is 1. The van der Waals surface area contributed by atoms with Gasteiger partial charge in [0.25, 0.3) is 0 Å². The molecule has 1 aromatic rings. The summed E-state index contributed by atoms with van der Waals surface area (Å²) in [6, 6.07) is 7.87. The molecule has 0 saturated carbocycles. The summed E-state index contributed by atoms with van der Waals surface area (Å²) in [6.45, 7) is 3.76. The van der Waals surface area contributed by atoms with Crippen LogP contribution in [0.3, 0.4) is 0 Å². The Balaban J connectivity index is 2.86. The summed E-state index contributed by atoms with van der Waals surface area (Å²) in [5.41, 5.74) is 7.03. The van der Waals surface area contributed by atoms with E-state index in [2.05, 4.69) is 6.92 Å². The van der Waals surface area contributed by atoms with Gasteiger partial charge in [-0.1, -0.05) is 13.0 Å². The van der Waals surface area contributed by atoms with Crippen LogP contribution in [0, 0.1) is 11.3 Å². The van der Waals surface area contributed by atoms with E-state index in [-0.39, 0.29) is 6.04 Å². The maximum Gasteiger partial charge on any atom is 0.181 e. The number of ether oxygens (including phenoxy) is 2. The predicted octanol–water partition coefficient (Wildman–Crippen LogP) is 2.27. The molecule has 4 heteroatoms. The SMILES string of the molecule is CCC(N)Cc1ccc(OC(C)C#N)c(OC)c1. The van der Waals surface area contributed by atoms with Crippen LogP contribution in [0.5, 0.6) is 11.5 Å². The van der Waals surface area contributed by atoms with Crippen LogP contribution in [0.4, 0.5) is 0 Å². The number of rotatable bonds is 6. The Morgan fingerprint density at radius 3 is 2.67 bits per heavy atom. The molecule has 0 heterocycles. The monoisotopic (exact) mass is 248 g/mol. The average Bonchev–Trinajstić information content (AvgIpc) is 2.39. The first-order chi connectivity index (χ1) is 8.60. The quantitative estimate of drug-likeness (QED) is 0.838. The van der Waals surface area contributed by atoms with Crippen molar-refractivity contribution < 1.29 is 9.47 Å². The molecule has 0 bridgehead atoms. The lowest BCUT2D eigenvalue weighted by Crippen LogP contribution is -2.21. The average molecular weight is 248 g/mol. The second-order valence-corrected chi connectivity index (χ2v) is 4.25. The Kier molecular flexibility index (Phi) is 5.47. The van der Waals surface area contributed by atoms with E-state index in [4.69, 9.17) is 20.5 Å². The normalized spacial score (nSPS) is 13.5. The minimum atomic E-state index is -0.498. The minimum Gasteiger partial charge on any atom is -0.493 e. The predicted molar refractivity (Wildman–Crippen MR) is 70.7 cm³/mol. The molecule has 0 saturated heterocycles. The summed E-state index contributed by atoms with van der Waals surface area (Å²) >= 11 is 0. The van der Waals surface area contributed by atoms with Crippen LogP contribution in [-0.2, 0) is 6.42 Å². The van der Waals surface area contributed by atoms with Crippen molar-refractivity contribution in [1.82, 2.24) is 0 Å². The Morgan fingerprint density at radius 2 is 2.11 bits per heavy atom. The van der Waals surface area contributed by atoms with E-state index in [0.717, 1.165) is 18.4 Å². The van der Waals surface area contributed by atoms with Crippen LogP contribution in [-0.4, -0.2) is 19.3 Å². The van der Waals surface area contributed by atoms with Crippen LogP contribution < -0.4 is 15.2 Å². The van der Waals surface area contributed by atoms with Crippen molar-refractivity contribution >= 4 is 0 Å². The van der Waals surface area contributed by atoms with E-state index in [1.165, 1.54) is 0 Å². The topological polar surface area (TPSA) is 68.3 Å². The van der Waals surface area contributed by atoms with Gasteiger partial charge in [0, 0.05) is 6.04 Å². The third-order valence-corrected chi connectivity index (χ3v) is 2.74. The Hall–Kier alpha value is -1.73. The molecule has 0 fully saturated rings. The van der Waals surface area contributed by atoms with Crippen LogP contribution >= 0.6 is 0 Å². The van der Waals surface area contributed by atoms with Gasteiger partial charge in [0.2, 0.25) is 0 Å². The molecule has 0 aliphatic carbocycles. The third kappa shape index (κ3) is 3.94. The van der Waals surface area contributed by atoms with Crippen molar-refractivity contribution in [1.29, 1.82) is 5.26 Å². The highest BCUT2D eigenvalue weighted by Crippen LogP contribution is 2.29. The van der Waals surface area contributed by atoms with Crippen molar-refractivity contribution in [3.63, 3.8) is 0 Å². The van der Waals surface area contributed by atoms with Crippen molar-refractivity contribution in [2.24, 2.45) is 5.73 Å². The molecular weight excluding hydrogens is 228 g/mol. The van der Waals surface area contributed by atoms with Gasteiger partial charge in [-0.05, 0) is 37.5 Å². The third-order valence-electron chi connectivity index (χ3n) is 2.74. The van der Waals surface area contributed by atoms with E-state index >= 15 is 0 Å². The highest BCUT2D eigenvalue weighted by molar-refractivity contribution is 5.43. The fraction of sp³-hybridized carbons (Fsp3) is 0.500. The summed E-state index contributed by atoms with van der Waals surface area (Å²) in [5.74, 6) is 1.22. The standard InChI is InChI=1S/C14H20N2O2/c1-4-12(16)7-11-5-6-13(14(8-11)17-3)18-10(2)9-15/h5-6,8,10,12H,4,7,16H2,1-3H3. The zero-order valence-electron chi connectivity index (χ0n) is 11.1. The number of hydrogen-bond acceptors (Lipinski definition) is 4. The van der Waals surface area contributed by atoms with Gasteiger partial charge >= 0.3 is 0 Å². The molecular formula is C14H20N2O2. The van der Waals surface area contributed by atoms with Gasteiger partial charge in [-0.15, -0.1) is 0 Å². The lowest BCUT2D eigenvalue weighted by Gasteiger charge is -2.14. The highest BCUT2D eigenvalue weighted by Gasteiger charge is 2.10. The second-order valence-electron chi connectivity index (χ2n) is 4.25. The van der Waals surface area contributed by atoms with Crippen LogP contribution in [0.2, 0.25) is 0 Å². The molecule has 2 atom stereocenters. The Bertz CT molecular complexity index is 426. The smallest absolute Gasteiger partial charge is 0.181 e. The van der Waals surface area contributed by atoms with Crippen molar-refractivity contribution in [3.05, 3.63) is 23.8 Å². The van der Waals surface area contributed by atoms with Gasteiger partial charge in [0.1, 0.15) is 6.07 Å². The zero-order valence-corrected chi connectivity index (χ0v) is 11.1. The minimum absolute atomic E-state index is 0.152. The van der Waals surface area contributed by atoms with Crippen LogP contribution in [0.25, 0.3) is 0 Å². The van der Waals surface area contributed by atoms with E-state index < -0.39 is 6.10 Å². The molecule has 0 aromatic heterocycles. The Labute approximate surface area is 108 Å². The lowest BCUT2D eigenvalue weighted by atomic mass is 10.0. The van der Waals surface area contributed by atoms with Gasteiger partial charge in [-0.2, -0.15) is 5.26 Å². The number of nitrogens with two attached hydrogens (primary N) is 1. The lowest BCUT2D eigenvalue weighted by molar-refractivity contribution is 0.260. The van der Waals surface area contributed by atoms with Gasteiger partial charge in [0.05, 0.1) is 7.11 Å². The molecule has 18 heavy (non-hydrogen) atoms. The second kappa shape index (κ2) is 6.87. The largest absolute Gasteiger partial charge is 0.493 e. The van der Waals surface area contributed by atoms with E-state index in [0.29, 0.717) is 11.5 Å². The fourth-order valence-corrected chi connectivity index (χ4v) is 1.60. The molecule has 1 rings (SSSR count). The van der Waals surface area contributed by atoms with E-state index in [9.17, 15) is 0 Å². The van der Waals surface area contributed by atoms with Crippen LogP contribution in [0.1, 0.15) is 25.8 Å². The molecule has 0 aliphatic heterocycles. The van der Waals surface area contributed by atoms with E-state index in [1.807, 2.05) is 24.3 Å². The molecule has 1 aromatic carbocycles. The van der Waals surface area contributed by atoms with Gasteiger partial charge in [-0.25, -0.2) is 0 Å². The summed E-state index contributed by atoms with van der Waals surface area (Å²) in [7, 11) is 1.59. The first-order valence-corrected chi connectivity index (χ1v) is 6.09. The van der Waals surface area contributed by atoms with E-state index in [1.54, 1.807) is 14.0 Å². The number of benzene rings is 1. The molecule has 2 N–H and O–H groups in total. The molecule has 0 spiro atoms. The molecule has 98 valence electrons. The van der Waals surface area contributed by atoms with Gasteiger partial charge in [-0.3, -0.25) is 0 Å². The van der Waals surface area contributed by atoms with Crippen LogP contribution in [0.15, 0.2) is 18.2 Å². The molecule has 0 amide bonds. The Morgan fingerprint density at radius 1 is 1.39 bits per heavy atom. The van der Waals surface area contributed by atoms with Gasteiger partial charge in [0.15, 0.2) is 17.6 Å². The van der Waals surface area contributed by atoms with Crippen molar-refractivity contribution in [2.75, 3.05) is 7.11 Å². The first kappa shape index (κ1) is 14.3. The number of nitrogens with zero attached hydrogens (tertiary/aromatic N) is 1. The maximum absolute atomic E-state index is 8.73. The highest BCUT2D eigenvalue weighted by atomic mass is 16.5. The molecule has 0 radical (unpaired) electrons. The molecule has 4 nitrogen and oxygen atoms in total. The summed E-state index contributed by atoms with van der Waals surface area (Å²) in [5, 5.41) is 8.73. The molecule has 0 aliphatic rings. The summed E-state index contributed by atoms with van der Waals surface area (Å²) in [6.07, 6.45) is 1.25. The summed E-state index contributed by atoms with van der Waals surface area (Å²) < 4.78 is 10.7. The summed E-state index contributed by atoms with van der Waals surface area (Å²) in [4.78, 5) is 0. The zero-order chi connectivity index (χ0) is 13.5. The number of methoxy groups -OCH3 is 1. The first-order valence-electron chi connectivity index (χ1n) is 6.09. The molecule has 2 unspecified atom stereocenters.